The molecule has 0 radical (unpaired) electrons. The van der Waals surface area contributed by atoms with Crippen LogP contribution in [0.15, 0.2) is 0 Å². The summed E-state index contributed by atoms with van der Waals surface area (Å²) in [6.45, 7) is 5.09. The highest BCUT2D eigenvalue weighted by Gasteiger charge is 2.38. The second kappa shape index (κ2) is 6.44. The first-order chi connectivity index (χ1) is 9.79. The molecule has 3 atom stereocenters. The van der Waals surface area contributed by atoms with Gasteiger partial charge in [-0.15, -0.1) is 0 Å². The first-order valence-corrected chi connectivity index (χ1v) is 8.52. The minimum atomic E-state index is 0.222. The Balaban J connectivity index is 1.55. The van der Waals surface area contributed by atoms with Crippen LogP contribution in [0.1, 0.15) is 44.9 Å². The number of carbonyl (C=O) groups is 1. The van der Waals surface area contributed by atoms with Gasteiger partial charge in [-0.05, 0) is 57.7 Å². The molecule has 0 aromatic rings. The molecule has 2 saturated heterocycles. The predicted molar refractivity (Wildman–Crippen MR) is 80.3 cm³/mol. The van der Waals surface area contributed by atoms with Crippen molar-refractivity contribution in [2.45, 2.75) is 51.0 Å². The van der Waals surface area contributed by atoms with Crippen LogP contribution >= 0.6 is 0 Å². The third-order valence-corrected chi connectivity index (χ3v) is 5.66. The highest BCUT2D eigenvalue weighted by Crippen LogP contribution is 2.33. The number of rotatable bonds is 3. The quantitative estimate of drug-likeness (QED) is 0.850. The number of hydrogen-bond acceptors (Lipinski definition) is 3. The van der Waals surface area contributed by atoms with E-state index in [1.165, 1.54) is 45.2 Å². The fourth-order valence-electron chi connectivity index (χ4n) is 4.40. The highest BCUT2D eigenvalue weighted by molar-refractivity contribution is 5.79. The van der Waals surface area contributed by atoms with Gasteiger partial charge in [-0.2, -0.15) is 0 Å². The van der Waals surface area contributed by atoms with Crippen LogP contribution in [0, 0.1) is 11.8 Å². The van der Waals surface area contributed by atoms with Crippen molar-refractivity contribution < 1.29 is 4.79 Å². The summed E-state index contributed by atoms with van der Waals surface area (Å²) in [6, 6.07) is 0.622. The molecule has 2 N–H and O–H groups in total. The number of amides is 1. The van der Waals surface area contributed by atoms with E-state index in [1.807, 2.05) is 0 Å². The lowest BCUT2D eigenvalue weighted by Gasteiger charge is -2.32. The van der Waals surface area contributed by atoms with Crippen LogP contribution < -0.4 is 5.73 Å². The minimum absolute atomic E-state index is 0.222. The Bertz CT molecular complexity index is 341. The van der Waals surface area contributed by atoms with E-state index >= 15 is 0 Å². The topological polar surface area (TPSA) is 49.6 Å². The molecule has 114 valence electrons. The van der Waals surface area contributed by atoms with Crippen molar-refractivity contribution in [1.29, 1.82) is 0 Å². The first kappa shape index (κ1) is 14.3. The van der Waals surface area contributed by atoms with E-state index < -0.39 is 0 Å². The Hall–Kier alpha value is -0.610. The molecule has 1 saturated carbocycles. The van der Waals surface area contributed by atoms with Gasteiger partial charge in [0.15, 0.2) is 0 Å². The lowest BCUT2D eigenvalue weighted by Crippen LogP contribution is -2.43. The molecule has 3 fully saturated rings. The van der Waals surface area contributed by atoms with Gasteiger partial charge in [0.25, 0.3) is 0 Å². The van der Waals surface area contributed by atoms with Gasteiger partial charge in [-0.25, -0.2) is 0 Å². The van der Waals surface area contributed by atoms with Gasteiger partial charge >= 0.3 is 0 Å². The van der Waals surface area contributed by atoms with Crippen molar-refractivity contribution in [3.63, 3.8) is 0 Å². The molecule has 1 aliphatic carbocycles. The lowest BCUT2D eigenvalue weighted by molar-refractivity contribution is -0.135. The minimum Gasteiger partial charge on any atom is -0.341 e. The van der Waals surface area contributed by atoms with Crippen LogP contribution in [0.25, 0.3) is 0 Å². The zero-order chi connectivity index (χ0) is 13.9. The highest BCUT2D eigenvalue weighted by atomic mass is 16.2. The summed E-state index contributed by atoms with van der Waals surface area (Å²) in [7, 11) is 0. The van der Waals surface area contributed by atoms with Crippen LogP contribution in [0.5, 0.6) is 0 Å². The standard InChI is InChI=1S/C16H29N3O/c17-11-13-5-4-6-15(13)16(20)19-10-7-14(12-19)18-8-2-1-3-9-18/h13-15H,1-12,17H2. The summed E-state index contributed by atoms with van der Waals surface area (Å²) in [4.78, 5) is 17.5. The van der Waals surface area contributed by atoms with Crippen molar-refractivity contribution in [3.8, 4) is 0 Å². The zero-order valence-corrected chi connectivity index (χ0v) is 12.6. The zero-order valence-electron chi connectivity index (χ0n) is 12.6. The molecule has 20 heavy (non-hydrogen) atoms. The van der Waals surface area contributed by atoms with Crippen molar-refractivity contribution in [1.82, 2.24) is 9.80 Å². The molecule has 3 rings (SSSR count). The first-order valence-electron chi connectivity index (χ1n) is 8.52. The van der Waals surface area contributed by atoms with E-state index in [-0.39, 0.29) is 5.92 Å². The number of nitrogens with zero attached hydrogens (tertiary/aromatic N) is 2. The van der Waals surface area contributed by atoms with Crippen molar-refractivity contribution >= 4 is 5.91 Å². The van der Waals surface area contributed by atoms with Gasteiger partial charge in [0, 0.05) is 25.0 Å². The van der Waals surface area contributed by atoms with Crippen molar-refractivity contribution in [2.24, 2.45) is 17.6 Å². The monoisotopic (exact) mass is 279 g/mol. The van der Waals surface area contributed by atoms with Crippen molar-refractivity contribution in [2.75, 3.05) is 32.7 Å². The number of carbonyl (C=O) groups excluding carboxylic acids is 1. The van der Waals surface area contributed by atoms with Crippen LogP contribution in [-0.4, -0.2) is 54.5 Å². The van der Waals surface area contributed by atoms with Crippen molar-refractivity contribution in [3.05, 3.63) is 0 Å². The largest absolute Gasteiger partial charge is 0.341 e. The van der Waals surface area contributed by atoms with Gasteiger partial charge in [-0.1, -0.05) is 12.8 Å². The maximum atomic E-state index is 12.7. The third kappa shape index (κ3) is 2.86. The maximum Gasteiger partial charge on any atom is 0.226 e. The Labute approximate surface area is 122 Å². The van der Waals surface area contributed by atoms with Crippen LogP contribution in [0.4, 0.5) is 0 Å². The second-order valence-corrected chi connectivity index (χ2v) is 6.86. The fraction of sp³-hybridized carbons (Fsp3) is 0.938. The number of hydrogen-bond donors (Lipinski definition) is 1. The molecule has 0 spiro atoms. The van der Waals surface area contributed by atoms with Gasteiger partial charge < -0.3 is 10.6 Å². The summed E-state index contributed by atoms with van der Waals surface area (Å²) in [5, 5.41) is 0. The predicted octanol–water partition coefficient (Wildman–Crippen LogP) is 1.45. The summed E-state index contributed by atoms with van der Waals surface area (Å²) in [6.07, 6.45) is 8.62. The maximum absolute atomic E-state index is 12.7. The summed E-state index contributed by atoms with van der Waals surface area (Å²) < 4.78 is 0. The SMILES string of the molecule is NCC1CCCC1C(=O)N1CCC(N2CCCCC2)C1. The molecular weight excluding hydrogens is 250 g/mol. The number of likely N-dealkylation sites (tertiary alicyclic amines) is 2. The number of piperidine rings is 1. The van der Waals surface area contributed by atoms with Gasteiger partial charge in [0.2, 0.25) is 5.91 Å². The average molecular weight is 279 g/mol. The van der Waals surface area contributed by atoms with E-state index in [0.29, 0.717) is 24.4 Å². The van der Waals surface area contributed by atoms with E-state index in [0.717, 1.165) is 25.9 Å². The lowest BCUT2D eigenvalue weighted by atomic mass is 9.95. The molecule has 1 amide bonds. The third-order valence-electron chi connectivity index (χ3n) is 5.66. The Kier molecular flexibility index (Phi) is 4.61. The molecular formula is C16H29N3O. The van der Waals surface area contributed by atoms with Crippen LogP contribution in [0.2, 0.25) is 0 Å². The van der Waals surface area contributed by atoms with Gasteiger partial charge in [0.05, 0.1) is 0 Å². The second-order valence-electron chi connectivity index (χ2n) is 6.86. The van der Waals surface area contributed by atoms with Crippen LogP contribution in [0.3, 0.4) is 0 Å². The molecule has 3 unspecified atom stereocenters. The summed E-state index contributed by atoms with van der Waals surface area (Å²) in [5.74, 6) is 1.06. The van der Waals surface area contributed by atoms with E-state index in [1.54, 1.807) is 0 Å². The summed E-state index contributed by atoms with van der Waals surface area (Å²) in [5.41, 5.74) is 5.83. The molecule has 0 bridgehead atoms. The van der Waals surface area contributed by atoms with Crippen LogP contribution in [-0.2, 0) is 4.79 Å². The van der Waals surface area contributed by atoms with E-state index in [9.17, 15) is 4.79 Å². The smallest absolute Gasteiger partial charge is 0.226 e. The van der Waals surface area contributed by atoms with Gasteiger partial charge in [0.1, 0.15) is 0 Å². The molecule has 0 aromatic carbocycles. The number of nitrogens with two attached hydrogens (primary N) is 1. The van der Waals surface area contributed by atoms with E-state index in [2.05, 4.69) is 9.80 Å². The molecule has 0 aromatic heterocycles. The van der Waals surface area contributed by atoms with Gasteiger partial charge in [-0.3, -0.25) is 9.69 Å². The molecule has 2 heterocycles. The molecule has 4 heteroatoms. The molecule has 4 nitrogen and oxygen atoms in total. The Morgan fingerprint density at radius 2 is 1.80 bits per heavy atom. The molecule has 2 aliphatic heterocycles. The Morgan fingerprint density at radius 3 is 2.55 bits per heavy atom. The fourth-order valence-corrected chi connectivity index (χ4v) is 4.40. The summed E-state index contributed by atoms with van der Waals surface area (Å²) >= 11 is 0. The Morgan fingerprint density at radius 1 is 1.00 bits per heavy atom. The average Bonchev–Trinajstić information content (AvgIpc) is 3.16. The molecule has 3 aliphatic rings. The normalized spacial score (nSPS) is 35.6. The van der Waals surface area contributed by atoms with E-state index in [4.69, 9.17) is 5.73 Å².